The molecule has 1 aromatic rings. The molecule has 16 heavy (non-hydrogen) atoms. The minimum absolute atomic E-state index is 0.429. The highest BCUT2D eigenvalue weighted by Gasteiger charge is 2.33. The monoisotopic (exact) mass is 214 g/mol. The van der Waals surface area contributed by atoms with Crippen LogP contribution < -0.4 is 0 Å². The van der Waals surface area contributed by atoms with Crippen LogP contribution in [0.5, 0.6) is 0 Å². The van der Waals surface area contributed by atoms with Crippen LogP contribution in [0.3, 0.4) is 0 Å². The summed E-state index contributed by atoms with van der Waals surface area (Å²) in [7, 11) is 0. The fourth-order valence-corrected chi connectivity index (χ4v) is 3.59. The highest BCUT2D eigenvalue weighted by molar-refractivity contribution is 5.45. The lowest BCUT2D eigenvalue weighted by molar-refractivity contribution is 0.319. The second-order valence-electron chi connectivity index (χ2n) is 6.63. The molecule has 1 unspecified atom stereocenters. The van der Waals surface area contributed by atoms with Crippen molar-refractivity contribution in [1.82, 2.24) is 0 Å². The predicted molar refractivity (Wildman–Crippen MR) is 69.0 cm³/mol. The first-order valence-electron chi connectivity index (χ1n) is 6.70. The van der Waals surface area contributed by atoms with Gasteiger partial charge >= 0.3 is 0 Å². The third kappa shape index (κ3) is 1.50. The van der Waals surface area contributed by atoms with E-state index < -0.39 is 0 Å². The van der Waals surface area contributed by atoms with Crippen molar-refractivity contribution >= 4 is 0 Å². The molecule has 1 aromatic carbocycles. The van der Waals surface area contributed by atoms with Crippen LogP contribution in [0.15, 0.2) is 12.1 Å². The highest BCUT2D eigenvalue weighted by Crippen LogP contribution is 2.46. The average Bonchev–Trinajstić information content (AvgIpc) is 2.76. The Morgan fingerprint density at radius 3 is 2.31 bits per heavy atom. The van der Waals surface area contributed by atoms with Crippen molar-refractivity contribution < 1.29 is 0 Å². The van der Waals surface area contributed by atoms with Crippen LogP contribution in [-0.2, 0) is 19.3 Å². The molecule has 0 fully saturated rings. The van der Waals surface area contributed by atoms with E-state index in [1.165, 1.54) is 32.1 Å². The van der Waals surface area contributed by atoms with Crippen molar-refractivity contribution in [2.75, 3.05) is 0 Å². The van der Waals surface area contributed by atoms with Gasteiger partial charge in [-0.2, -0.15) is 0 Å². The minimum atomic E-state index is 0.429. The second kappa shape index (κ2) is 3.35. The smallest absolute Gasteiger partial charge is 0.0107 e. The Morgan fingerprint density at radius 2 is 1.62 bits per heavy atom. The molecule has 0 heterocycles. The van der Waals surface area contributed by atoms with Gasteiger partial charge in [-0.25, -0.2) is 0 Å². The van der Waals surface area contributed by atoms with Crippen molar-refractivity contribution in [2.45, 2.75) is 58.8 Å². The number of benzene rings is 1. The Morgan fingerprint density at radius 1 is 0.938 bits per heavy atom. The zero-order valence-electron chi connectivity index (χ0n) is 10.8. The average molecular weight is 214 g/mol. The summed E-state index contributed by atoms with van der Waals surface area (Å²) in [5.41, 5.74) is 7.05. The molecule has 0 heteroatoms. The van der Waals surface area contributed by atoms with Gasteiger partial charge in [-0.1, -0.05) is 32.9 Å². The molecular weight excluding hydrogens is 192 g/mol. The largest absolute Gasteiger partial charge is 0.0596 e. The molecule has 0 aromatic heterocycles. The Balaban J connectivity index is 2.06. The van der Waals surface area contributed by atoms with E-state index >= 15 is 0 Å². The van der Waals surface area contributed by atoms with Crippen LogP contribution in [0.25, 0.3) is 0 Å². The molecule has 0 bridgehead atoms. The van der Waals surface area contributed by atoms with Crippen LogP contribution in [-0.4, -0.2) is 0 Å². The van der Waals surface area contributed by atoms with E-state index in [1.807, 2.05) is 0 Å². The molecule has 0 N–H and O–H groups in total. The van der Waals surface area contributed by atoms with E-state index in [9.17, 15) is 0 Å². The standard InChI is InChI=1S/C16H22/c1-16(2,3)15-8-7-13-9-11-5-4-6-12(11)10-14(13)15/h9-10,15H,4-8H2,1-3H3. The zero-order valence-corrected chi connectivity index (χ0v) is 10.8. The molecule has 0 radical (unpaired) electrons. The quantitative estimate of drug-likeness (QED) is 0.605. The summed E-state index contributed by atoms with van der Waals surface area (Å²) in [6.07, 6.45) is 6.69. The molecule has 1 atom stereocenters. The number of hydrogen-bond acceptors (Lipinski definition) is 0. The van der Waals surface area contributed by atoms with E-state index in [-0.39, 0.29) is 0 Å². The fraction of sp³-hybridized carbons (Fsp3) is 0.625. The van der Waals surface area contributed by atoms with Crippen molar-refractivity contribution in [3.8, 4) is 0 Å². The first kappa shape index (κ1) is 10.4. The molecule has 2 aliphatic rings. The normalized spacial score (nSPS) is 23.3. The summed E-state index contributed by atoms with van der Waals surface area (Å²) in [6.45, 7) is 7.17. The van der Waals surface area contributed by atoms with E-state index in [0.29, 0.717) is 5.41 Å². The predicted octanol–water partition coefficient (Wildman–Crippen LogP) is 4.25. The number of fused-ring (bicyclic) bond motifs is 2. The van der Waals surface area contributed by atoms with E-state index in [2.05, 4.69) is 32.9 Å². The first-order valence-corrected chi connectivity index (χ1v) is 6.70. The molecule has 3 rings (SSSR count). The van der Waals surface area contributed by atoms with Crippen molar-refractivity contribution in [1.29, 1.82) is 0 Å². The lowest BCUT2D eigenvalue weighted by atomic mass is 9.77. The minimum Gasteiger partial charge on any atom is -0.0596 e. The van der Waals surface area contributed by atoms with Crippen molar-refractivity contribution in [2.24, 2.45) is 5.41 Å². The van der Waals surface area contributed by atoms with Gasteiger partial charge in [0.05, 0.1) is 0 Å². The molecule has 0 saturated carbocycles. The summed E-state index contributed by atoms with van der Waals surface area (Å²) in [5, 5.41) is 0. The van der Waals surface area contributed by atoms with Crippen molar-refractivity contribution in [3.63, 3.8) is 0 Å². The van der Waals surface area contributed by atoms with E-state index in [4.69, 9.17) is 0 Å². The van der Waals surface area contributed by atoms with Gasteiger partial charge in [-0.3, -0.25) is 0 Å². The van der Waals surface area contributed by atoms with E-state index in [0.717, 1.165) is 5.92 Å². The Hall–Kier alpha value is -0.780. The number of hydrogen-bond donors (Lipinski definition) is 0. The highest BCUT2D eigenvalue weighted by atomic mass is 14.4. The summed E-state index contributed by atoms with van der Waals surface area (Å²) < 4.78 is 0. The third-order valence-electron chi connectivity index (χ3n) is 4.48. The Kier molecular flexibility index (Phi) is 2.18. The Labute approximate surface area is 99.1 Å². The van der Waals surface area contributed by atoms with Crippen LogP contribution in [0.2, 0.25) is 0 Å². The summed E-state index contributed by atoms with van der Waals surface area (Å²) in [4.78, 5) is 0. The van der Waals surface area contributed by atoms with Gasteiger partial charge in [-0.15, -0.1) is 0 Å². The zero-order chi connectivity index (χ0) is 11.3. The lowest BCUT2D eigenvalue weighted by Gasteiger charge is -2.28. The SMILES string of the molecule is CC(C)(C)C1CCc2cc3c(cc21)CCC3. The maximum absolute atomic E-state index is 2.54. The molecular formula is C16H22. The second-order valence-corrected chi connectivity index (χ2v) is 6.63. The van der Waals surface area contributed by atoms with Crippen molar-refractivity contribution in [3.05, 3.63) is 34.4 Å². The van der Waals surface area contributed by atoms with Gasteiger partial charge in [0.15, 0.2) is 0 Å². The maximum Gasteiger partial charge on any atom is -0.0107 e. The summed E-state index contributed by atoms with van der Waals surface area (Å²) in [5.74, 6) is 0.786. The molecule has 0 saturated heterocycles. The number of aryl methyl sites for hydroxylation is 3. The van der Waals surface area contributed by atoms with Crippen LogP contribution in [0.4, 0.5) is 0 Å². The van der Waals surface area contributed by atoms with Gasteiger partial charge in [0.1, 0.15) is 0 Å². The van der Waals surface area contributed by atoms with Gasteiger partial charge in [0, 0.05) is 0 Å². The van der Waals surface area contributed by atoms with Gasteiger partial charge in [-0.05, 0) is 65.7 Å². The fourth-order valence-electron chi connectivity index (χ4n) is 3.59. The summed E-state index contributed by atoms with van der Waals surface area (Å²) in [6, 6.07) is 5.06. The van der Waals surface area contributed by atoms with Gasteiger partial charge in [0.2, 0.25) is 0 Å². The third-order valence-corrected chi connectivity index (χ3v) is 4.48. The maximum atomic E-state index is 2.54. The molecule has 0 amide bonds. The Bertz CT molecular complexity index is 420. The molecule has 2 aliphatic carbocycles. The number of rotatable bonds is 0. The van der Waals surface area contributed by atoms with Gasteiger partial charge < -0.3 is 0 Å². The van der Waals surface area contributed by atoms with Crippen LogP contribution >= 0.6 is 0 Å². The topological polar surface area (TPSA) is 0 Å². The molecule has 0 spiro atoms. The summed E-state index contributed by atoms with van der Waals surface area (Å²) >= 11 is 0. The van der Waals surface area contributed by atoms with Crippen LogP contribution in [0.1, 0.15) is 61.8 Å². The first-order chi connectivity index (χ1) is 7.55. The molecule has 0 aliphatic heterocycles. The van der Waals surface area contributed by atoms with Gasteiger partial charge in [0.25, 0.3) is 0 Å². The molecule has 86 valence electrons. The lowest BCUT2D eigenvalue weighted by Crippen LogP contribution is -2.16. The van der Waals surface area contributed by atoms with Crippen LogP contribution in [0, 0.1) is 5.41 Å². The molecule has 0 nitrogen and oxygen atoms in total. The van der Waals surface area contributed by atoms with E-state index in [1.54, 1.807) is 22.3 Å².